The van der Waals surface area contributed by atoms with Crippen molar-refractivity contribution < 1.29 is 4.79 Å². The van der Waals surface area contributed by atoms with Gasteiger partial charge in [-0.05, 0) is 42.8 Å². The van der Waals surface area contributed by atoms with Crippen molar-refractivity contribution in [1.29, 1.82) is 0 Å². The first-order chi connectivity index (χ1) is 14.6. The van der Waals surface area contributed by atoms with E-state index >= 15 is 0 Å². The monoisotopic (exact) mass is 426 g/mol. The molecule has 1 saturated heterocycles. The van der Waals surface area contributed by atoms with Crippen molar-refractivity contribution >= 4 is 23.2 Å². The Morgan fingerprint density at radius 3 is 2.47 bits per heavy atom. The summed E-state index contributed by atoms with van der Waals surface area (Å²) in [5, 5.41) is 6.77. The predicted octanol–water partition coefficient (Wildman–Crippen LogP) is 2.39. The van der Waals surface area contributed by atoms with E-state index in [0.717, 1.165) is 18.9 Å². The minimum atomic E-state index is -0.658. The molecule has 1 aliphatic rings. The van der Waals surface area contributed by atoms with Crippen LogP contribution in [-0.2, 0) is 0 Å². The maximum Gasteiger partial charge on any atom is 0.365 e. The van der Waals surface area contributed by atoms with Crippen LogP contribution in [0, 0.1) is 0 Å². The third-order valence-corrected chi connectivity index (χ3v) is 5.58. The second-order valence-corrected chi connectivity index (χ2v) is 7.56. The number of hydrogen-bond acceptors (Lipinski definition) is 6. The Morgan fingerprint density at radius 1 is 1.10 bits per heavy atom. The van der Waals surface area contributed by atoms with Gasteiger partial charge in [-0.15, -0.1) is 0 Å². The zero-order valence-corrected chi connectivity index (χ0v) is 17.4. The molecule has 8 nitrogen and oxygen atoms in total. The van der Waals surface area contributed by atoms with E-state index < -0.39 is 6.04 Å². The van der Waals surface area contributed by atoms with Crippen molar-refractivity contribution in [3.8, 4) is 0 Å². The number of aromatic nitrogens is 4. The molecule has 0 saturated carbocycles. The number of carbonyl (C=O) groups is 1. The normalized spacial score (nSPS) is 15.3. The van der Waals surface area contributed by atoms with Gasteiger partial charge in [0.15, 0.2) is 5.78 Å². The molecule has 0 N–H and O–H groups in total. The van der Waals surface area contributed by atoms with Crippen LogP contribution in [0.1, 0.15) is 29.7 Å². The Hall–Kier alpha value is -3.13. The maximum atomic E-state index is 13.0. The molecule has 3 aromatic rings. The molecule has 1 aliphatic heterocycles. The summed E-state index contributed by atoms with van der Waals surface area (Å²) in [7, 11) is 0. The summed E-state index contributed by atoms with van der Waals surface area (Å²) in [6, 6.07) is 11.9. The van der Waals surface area contributed by atoms with E-state index in [4.69, 9.17) is 11.6 Å². The van der Waals surface area contributed by atoms with E-state index in [-0.39, 0.29) is 11.5 Å². The molecule has 2 aromatic heterocycles. The maximum absolute atomic E-state index is 13.0. The van der Waals surface area contributed by atoms with Gasteiger partial charge >= 0.3 is 5.69 Å². The molecule has 30 heavy (non-hydrogen) atoms. The zero-order valence-electron chi connectivity index (χ0n) is 16.7. The van der Waals surface area contributed by atoms with Crippen molar-refractivity contribution in [3.05, 3.63) is 76.1 Å². The largest absolute Gasteiger partial charge is 0.365 e. The lowest BCUT2D eigenvalue weighted by atomic mass is 10.0. The molecular formula is C21H23ClN6O2. The molecule has 0 aliphatic carbocycles. The highest BCUT2D eigenvalue weighted by Gasteiger charge is 2.26. The summed E-state index contributed by atoms with van der Waals surface area (Å²) >= 11 is 5.92. The number of carbonyl (C=O) groups excluding carboxylic acids is 1. The Balaban J connectivity index is 1.50. The fraction of sp³-hybridized carbons (Fsp3) is 0.333. The minimum absolute atomic E-state index is 0.151. The molecule has 1 aromatic carbocycles. The van der Waals surface area contributed by atoms with E-state index in [1.54, 1.807) is 30.5 Å². The number of hydrogen-bond donors (Lipinski definition) is 0. The summed E-state index contributed by atoms with van der Waals surface area (Å²) in [4.78, 5) is 32.6. The second-order valence-electron chi connectivity index (χ2n) is 7.13. The van der Waals surface area contributed by atoms with Crippen LogP contribution in [0.2, 0.25) is 5.02 Å². The summed E-state index contributed by atoms with van der Waals surface area (Å²) in [5.41, 5.74) is 0.201. The number of nitrogens with zero attached hydrogens (tertiary/aromatic N) is 6. The lowest BCUT2D eigenvalue weighted by Gasteiger charge is -2.36. The first kappa shape index (κ1) is 20.2. The molecule has 1 fully saturated rings. The van der Waals surface area contributed by atoms with Crippen LogP contribution in [0.3, 0.4) is 0 Å². The smallest absolute Gasteiger partial charge is 0.353 e. The van der Waals surface area contributed by atoms with Gasteiger partial charge in [-0.3, -0.25) is 4.79 Å². The van der Waals surface area contributed by atoms with Crippen molar-refractivity contribution in [2.75, 3.05) is 36.1 Å². The van der Waals surface area contributed by atoms with Gasteiger partial charge in [-0.1, -0.05) is 24.6 Å². The summed E-state index contributed by atoms with van der Waals surface area (Å²) < 4.78 is 2.79. The minimum Gasteiger partial charge on any atom is -0.353 e. The van der Waals surface area contributed by atoms with Gasteiger partial charge < -0.3 is 9.91 Å². The van der Waals surface area contributed by atoms with Crippen LogP contribution in [0.5, 0.6) is 0 Å². The topological polar surface area (TPSA) is 76.3 Å². The number of piperazine rings is 1. The fourth-order valence-corrected chi connectivity index (χ4v) is 3.80. The molecule has 156 valence electrons. The van der Waals surface area contributed by atoms with Crippen molar-refractivity contribution in [2.45, 2.75) is 19.4 Å². The zero-order chi connectivity index (χ0) is 21.1. The van der Waals surface area contributed by atoms with Gasteiger partial charge in [0.05, 0.1) is 13.1 Å². The van der Waals surface area contributed by atoms with Crippen LogP contribution in [0.4, 0.5) is 5.82 Å². The average Bonchev–Trinajstić information content (AvgIpc) is 3.16. The first-order valence-corrected chi connectivity index (χ1v) is 10.3. The van der Waals surface area contributed by atoms with Gasteiger partial charge in [0, 0.05) is 29.9 Å². The van der Waals surface area contributed by atoms with E-state index in [0.29, 0.717) is 30.1 Å². The van der Waals surface area contributed by atoms with Crippen molar-refractivity contribution in [2.24, 2.45) is 0 Å². The lowest BCUT2D eigenvalue weighted by molar-refractivity contribution is 0.0911. The third-order valence-electron chi connectivity index (χ3n) is 5.32. The van der Waals surface area contributed by atoms with Crippen LogP contribution in [0.25, 0.3) is 0 Å². The van der Waals surface area contributed by atoms with Crippen molar-refractivity contribution in [1.82, 2.24) is 19.4 Å². The van der Waals surface area contributed by atoms with Crippen LogP contribution >= 0.6 is 11.6 Å². The van der Waals surface area contributed by atoms with Gasteiger partial charge in [0.25, 0.3) is 0 Å². The number of anilines is 1. The van der Waals surface area contributed by atoms with Gasteiger partial charge in [-0.2, -0.15) is 9.77 Å². The highest BCUT2D eigenvalue weighted by atomic mass is 35.5. The summed E-state index contributed by atoms with van der Waals surface area (Å²) in [6.07, 6.45) is 3.74. The van der Waals surface area contributed by atoms with Gasteiger partial charge in [0.1, 0.15) is 18.2 Å². The number of benzene rings is 1. The molecule has 1 atom stereocenters. The second kappa shape index (κ2) is 8.71. The molecular weight excluding hydrogens is 404 g/mol. The Labute approximate surface area is 179 Å². The standard InChI is InChI=1S/C21H23ClN6O2/c1-2-18(20(29)16-6-8-17(22)9-7-16)28-21(30)27(15-24-28)26-13-11-25(12-14-26)19-5-3-4-10-23-19/h3-10,15,18H,2,11-14H2,1H3. The quantitative estimate of drug-likeness (QED) is 0.563. The molecule has 0 radical (unpaired) electrons. The third kappa shape index (κ3) is 3.95. The molecule has 0 bridgehead atoms. The molecule has 3 heterocycles. The van der Waals surface area contributed by atoms with E-state index in [1.807, 2.05) is 30.1 Å². The number of Topliss-reactive ketones (excluding diaryl/α,β-unsaturated/α-hetero) is 1. The van der Waals surface area contributed by atoms with Gasteiger partial charge in [-0.25, -0.2) is 14.5 Å². The SMILES string of the molecule is CCC(C(=O)c1ccc(Cl)cc1)n1ncn(N2CCN(c3ccccn3)CC2)c1=O. The molecule has 4 rings (SSSR count). The highest BCUT2D eigenvalue weighted by molar-refractivity contribution is 6.30. The number of rotatable bonds is 6. The Bertz CT molecular complexity index is 1060. The van der Waals surface area contributed by atoms with Crippen LogP contribution in [0.15, 0.2) is 59.8 Å². The lowest BCUT2D eigenvalue weighted by Crippen LogP contribution is -2.54. The van der Waals surface area contributed by atoms with Crippen molar-refractivity contribution in [3.63, 3.8) is 0 Å². The highest BCUT2D eigenvalue weighted by Crippen LogP contribution is 2.18. The predicted molar refractivity (Wildman–Crippen MR) is 116 cm³/mol. The average molecular weight is 427 g/mol. The number of ketones is 1. The first-order valence-electron chi connectivity index (χ1n) is 9.95. The van der Waals surface area contributed by atoms with E-state index in [9.17, 15) is 9.59 Å². The summed E-state index contributed by atoms with van der Waals surface area (Å²) in [6.45, 7) is 4.68. The number of halogens is 1. The number of pyridine rings is 1. The fourth-order valence-electron chi connectivity index (χ4n) is 3.67. The summed E-state index contributed by atoms with van der Waals surface area (Å²) in [5.74, 6) is 0.779. The molecule has 0 amide bonds. The Kier molecular flexibility index (Phi) is 5.85. The van der Waals surface area contributed by atoms with E-state index in [2.05, 4.69) is 15.0 Å². The van der Waals surface area contributed by atoms with Crippen LogP contribution < -0.4 is 15.6 Å². The molecule has 1 unspecified atom stereocenters. The van der Waals surface area contributed by atoms with Gasteiger partial charge in [0.2, 0.25) is 0 Å². The molecule has 9 heteroatoms. The van der Waals surface area contributed by atoms with Crippen LogP contribution in [-0.4, -0.2) is 51.4 Å². The Morgan fingerprint density at radius 2 is 1.83 bits per heavy atom. The van der Waals surface area contributed by atoms with E-state index in [1.165, 1.54) is 15.7 Å². The molecule has 0 spiro atoms.